The van der Waals surface area contributed by atoms with Crippen LogP contribution in [0.1, 0.15) is 55.0 Å². The number of nitrogens with zero attached hydrogens (tertiary/aromatic N) is 2. The van der Waals surface area contributed by atoms with Crippen LogP contribution in [0.25, 0.3) is 0 Å². The third kappa shape index (κ3) is 2.75. The van der Waals surface area contributed by atoms with Gasteiger partial charge in [-0.1, -0.05) is 0 Å². The molecule has 1 fully saturated rings. The zero-order valence-corrected chi connectivity index (χ0v) is 12.2. The fourth-order valence-corrected chi connectivity index (χ4v) is 2.40. The van der Waals surface area contributed by atoms with Crippen molar-refractivity contribution in [1.82, 2.24) is 9.97 Å². The summed E-state index contributed by atoms with van der Waals surface area (Å²) in [5.41, 5.74) is 6.16. The van der Waals surface area contributed by atoms with Crippen molar-refractivity contribution >= 4 is 11.8 Å². The summed E-state index contributed by atoms with van der Waals surface area (Å²) in [4.78, 5) is 20.5. The minimum Gasteiger partial charge on any atom is -0.462 e. The first kappa shape index (κ1) is 14.7. The van der Waals surface area contributed by atoms with Crippen LogP contribution in [0.3, 0.4) is 0 Å². The van der Waals surface area contributed by atoms with Crippen molar-refractivity contribution in [3.63, 3.8) is 0 Å². The van der Waals surface area contributed by atoms with Gasteiger partial charge in [0.15, 0.2) is 5.82 Å². The molecule has 20 heavy (non-hydrogen) atoms. The number of rotatable bonds is 3. The lowest BCUT2D eigenvalue weighted by Crippen LogP contribution is -2.33. The number of esters is 1. The van der Waals surface area contributed by atoms with E-state index in [2.05, 4.69) is 9.97 Å². The van der Waals surface area contributed by atoms with Gasteiger partial charge in [-0.25, -0.2) is 14.8 Å². The molecule has 2 rings (SSSR count). The number of hydrogen-bond acceptors (Lipinski definition) is 6. The van der Waals surface area contributed by atoms with Crippen molar-refractivity contribution in [2.75, 3.05) is 18.9 Å². The molecule has 6 heteroatoms. The summed E-state index contributed by atoms with van der Waals surface area (Å²) in [7, 11) is 0. The van der Waals surface area contributed by atoms with E-state index in [0.717, 1.165) is 19.3 Å². The molecule has 2 N–H and O–H groups in total. The highest BCUT2D eigenvalue weighted by molar-refractivity contribution is 5.95. The van der Waals surface area contributed by atoms with Gasteiger partial charge in [0.05, 0.1) is 12.3 Å². The molecule has 0 aliphatic carbocycles. The Morgan fingerprint density at radius 3 is 2.75 bits per heavy atom. The molecule has 0 spiro atoms. The molecule has 110 valence electrons. The number of anilines is 1. The number of ether oxygens (including phenoxy) is 2. The molecular weight excluding hydrogens is 258 g/mol. The van der Waals surface area contributed by atoms with E-state index in [1.165, 1.54) is 0 Å². The van der Waals surface area contributed by atoms with E-state index in [1.54, 1.807) is 13.8 Å². The van der Waals surface area contributed by atoms with Crippen molar-refractivity contribution in [2.45, 2.75) is 45.6 Å². The van der Waals surface area contributed by atoms with E-state index < -0.39 is 11.6 Å². The maximum absolute atomic E-state index is 11.8. The first-order chi connectivity index (χ1) is 9.48. The van der Waals surface area contributed by atoms with E-state index in [4.69, 9.17) is 15.2 Å². The minimum atomic E-state index is -0.523. The van der Waals surface area contributed by atoms with Crippen LogP contribution in [0.15, 0.2) is 0 Å². The van der Waals surface area contributed by atoms with Gasteiger partial charge < -0.3 is 15.2 Å². The van der Waals surface area contributed by atoms with Gasteiger partial charge in [-0.3, -0.25) is 0 Å². The molecule has 0 saturated carbocycles. The molecule has 0 radical (unpaired) electrons. The summed E-state index contributed by atoms with van der Waals surface area (Å²) < 4.78 is 10.8. The van der Waals surface area contributed by atoms with Crippen LogP contribution in [0, 0.1) is 6.92 Å². The molecule has 1 aliphatic heterocycles. The van der Waals surface area contributed by atoms with Gasteiger partial charge >= 0.3 is 5.97 Å². The van der Waals surface area contributed by atoms with Crippen molar-refractivity contribution in [2.24, 2.45) is 0 Å². The second-order valence-electron chi connectivity index (χ2n) is 5.15. The second kappa shape index (κ2) is 5.75. The van der Waals surface area contributed by atoms with Gasteiger partial charge in [0, 0.05) is 6.61 Å². The Labute approximate surface area is 118 Å². The zero-order chi connectivity index (χ0) is 14.8. The lowest BCUT2D eigenvalue weighted by atomic mass is 9.94. The SMILES string of the molecule is CCOC(=O)c1c(C)nc(C2(C)CCCCO2)nc1N. The summed E-state index contributed by atoms with van der Waals surface area (Å²) >= 11 is 0. The summed E-state index contributed by atoms with van der Waals surface area (Å²) in [5.74, 6) is 0.213. The van der Waals surface area contributed by atoms with Crippen LogP contribution in [0.5, 0.6) is 0 Å². The molecule has 6 nitrogen and oxygen atoms in total. The highest BCUT2D eigenvalue weighted by Crippen LogP contribution is 2.33. The fourth-order valence-electron chi connectivity index (χ4n) is 2.40. The third-order valence-electron chi connectivity index (χ3n) is 3.54. The molecular formula is C14H21N3O3. The predicted octanol–water partition coefficient (Wildman–Crippen LogP) is 1.96. The van der Waals surface area contributed by atoms with Crippen molar-refractivity contribution in [1.29, 1.82) is 0 Å². The molecule has 0 bridgehead atoms. The van der Waals surface area contributed by atoms with Crippen molar-refractivity contribution in [3.05, 3.63) is 17.1 Å². The molecule has 2 heterocycles. The Morgan fingerprint density at radius 2 is 2.20 bits per heavy atom. The molecule has 1 atom stereocenters. The highest BCUT2D eigenvalue weighted by atomic mass is 16.5. The Hall–Kier alpha value is -1.69. The van der Waals surface area contributed by atoms with E-state index in [-0.39, 0.29) is 11.4 Å². The average Bonchev–Trinajstić information content (AvgIpc) is 2.39. The van der Waals surface area contributed by atoms with Crippen LogP contribution in [0.2, 0.25) is 0 Å². The van der Waals surface area contributed by atoms with Crippen LogP contribution < -0.4 is 5.73 Å². The number of hydrogen-bond donors (Lipinski definition) is 1. The normalized spacial score (nSPS) is 22.6. The number of nitrogen functional groups attached to an aromatic ring is 1. The minimum absolute atomic E-state index is 0.154. The molecule has 1 unspecified atom stereocenters. The quantitative estimate of drug-likeness (QED) is 0.851. The highest BCUT2D eigenvalue weighted by Gasteiger charge is 2.34. The maximum Gasteiger partial charge on any atom is 0.343 e. The summed E-state index contributed by atoms with van der Waals surface area (Å²) in [5, 5.41) is 0. The van der Waals surface area contributed by atoms with E-state index in [0.29, 0.717) is 24.7 Å². The smallest absolute Gasteiger partial charge is 0.343 e. The number of aryl methyl sites for hydroxylation is 1. The van der Waals surface area contributed by atoms with Crippen LogP contribution in [-0.2, 0) is 15.1 Å². The molecule has 1 aromatic heterocycles. The zero-order valence-electron chi connectivity index (χ0n) is 12.2. The van der Waals surface area contributed by atoms with Crippen molar-refractivity contribution < 1.29 is 14.3 Å². The second-order valence-corrected chi connectivity index (χ2v) is 5.15. The van der Waals surface area contributed by atoms with E-state index in [1.807, 2.05) is 6.92 Å². The van der Waals surface area contributed by atoms with Gasteiger partial charge in [-0.2, -0.15) is 0 Å². The standard InChI is InChI=1S/C14H21N3O3/c1-4-19-12(18)10-9(2)16-13(17-11(10)15)14(3)7-5-6-8-20-14/h4-8H2,1-3H3,(H2,15,16,17). The van der Waals surface area contributed by atoms with Crippen LogP contribution >= 0.6 is 0 Å². The summed E-state index contributed by atoms with van der Waals surface area (Å²) in [6, 6.07) is 0. The Kier molecular flexibility index (Phi) is 4.23. The van der Waals surface area contributed by atoms with Gasteiger partial charge in [0.2, 0.25) is 0 Å². The van der Waals surface area contributed by atoms with Crippen LogP contribution in [-0.4, -0.2) is 29.2 Å². The summed E-state index contributed by atoms with van der Waals surface area (Å²) in [6.07, 6.45) is 2.97. The lowest BCUT2D eigenvalue weighted by Gasteiger charge is -2.32. The fraction of sp³-hybridized carbons (Fsp3) is 0.643. The number of aromatic nitrogens is 2. The molecule has 1 saturated heterocycles. The van der Waals surface area contributed by atoms with Gasteiger partial charge in [-0.15, -0.1) is 0 Å². The monoisotopic (exact) mass is 279 g/mol. The Bertz CT molecular complexity index is 487. The van der Waals surface area contributed by atoms with E-state index in [9.17, 15) is 4.79 Å². The van der Waals surface area contributed by atoms with Gasteiger partial charge in [0.25, 0.3) is 0 Å². The molecule has 1 aromatic rings. The number of carbonyl (C=O) groups excluding carboxylic acids is 1. The lowest BCUT2D eigenvalue weighted by molar-refractivity contribution is -0.0760. The molecule has 0 aromatic carbocycles. The number of carbonyl (C=O) groups is 1. The molecule has 0 amide bonds. The Balaban J connectivity index is 2.37. The van der Waals surface area contributed by atoms with Gasteiger partial charge in [-0.05, 0) is 40.0 Å². The summed E-state index contributed by atoms with van der Waals surface area (Å²) in [6.45, 7) is 6.43. The molecule has 1 aliphatic rings. The van der Waals surface area contributed by atoms with Crippen LogP contribution in [0.4, 0.5) is 5.82 Å². The maximum atomic E-state index is 11.8. The average molecular weight is 279 g/mol. The van der Waals surface area contributed by atoms with Crippen molar-refractivity contribution in [3.8, 4) is 0 Å². The van der Waals surface area contributed by atoms with Gasteiger partial charge in [0.1, 0.15) is 17.0 Å². The largest absolute Gasteiger partial charge is 0.462 e. The first-order valence-corrected chi connectivity index (χ1v) is 6.93. The third-order valence-corrected chi connectivity index (χ3v) is 3.54. The Morgan fingerprint density at radius 1 is 1.45 bits per heavy atom. The van der Waals surface area contributed by atoms with E-state index >= 15 is 0 Å². The topological polar surface area (TPSA) is 87.3 Å². The predicted molar refractivity (Wildman–Crippen MR) is 74.3 cm³/mol. The first-order valence-electron chi connectivity index (χ1n) is 6.93. The number of nitrogens with two attached hydrogens (primary N) is 1.